The van der Waals surface area contributed by atoms with Gasteiger partial charge in [0.1, 0.15) is 18.3 Å². The van der Waals surface area contributed by atoms with Gasteiger partial charge in [0, 0.05) is 21.3 Å². The average Bonchev–Trinajstić information content (AvgIpc) is 2.16. The van der Waals surface area contributed by atoms with Crippen molar-refractivity contribution >= 4 is 0 Å². The van der Waals surface area contributed by atoms with E-state index in [-0.39, 0.29) is 18.3 Å². The van der Waals surface area contributed by atoms with Gasteiger partial charge in [-0.2, -0.15) is 0 Å². The Balaban J connectivity index is 2.76. The smallest absolute Gasteiger partial charge is 0.184 e. The van der Waals surface area contributed by atoms with E-state index in [4.69, 9.17) is 18.9 Å². The molecule has 0 unspecified atom stereocenters. The molecule has 0 aromatic carbocycles. The van der Waals surface area contributed by atoms with E-state index in [0.29, 0.717) is 0 Å². The summed E-state index contributed by atoms with van der Waals surface area (Å²) in [5.41, 5.74) is 0. The zero-order valence-electron chi connectivity index (χ0n) is 8.97. The lowest BCUT2D eigenvalue weighted by molar-refractivity contribution is -0.291. The maximum atomic E-state index is 9.57. The first-order chi connectivity index (χ1) is 6.65. The van der Waals surface area contributed by atoms with Crippen LogP contribution in [-0.2, 0) is 18.9 Å². The Morgan fingerprint density at radius 3 is 1.86 bits per heavy atom. The summed E-state index contributed by atoms with van der Waals surface area (Å²) in [5, 5.41) is 9.57. The van der Waals surface area contributed by atoms with Gasteiger partial charge in [0.15, 0.2) is 6.29 Å². The van der Waals surface area contributed by atoms with Gasteiger partial charge in [-0.1, -0.05) is 0 Å². The molecule has 1 rings (SSSR count). The molecule has 1 N–H and O–H groups in total. The predicted octanol–water partition coefficient (Wildman–Crippen LogP) is -0.232. The molecular weight excluding hydrogens is 188 g/mol. The van der Waals surface area contributed by atoms with Crippen LogP contribution in [0.2, 0.25) is 0 Å². The van der Waals surface area contributed by atoms with Crippen molar-refractivity contribution in [3.63, 3.8) is 0 Å². The lowest BCUT2D eigenvalue weighted by Gasteiger charge is -2.41. The van der Waals surface area contributed by atoms with Crippen molar-refractivity contribution in [1.82, 2.24) is 0 Å². The molecule has 1 saturated heterocycles. The summed E-state index contributed by atoms with van der Waals surface area (Å²) in [4.78, 5) is 0. The number of rotatable bonds is 3. The monoisotopic (exact) mass is 206 g/mol. The van der Waals surface area contributed by atoms with E-state index in [1.807, 2.05) is 6.92 Å². The third-order valence-corrected chi connectivity index (χ3v) is 2.56. The standard InChI is InChI=1S/C9H18O5/c1-5-6(11-2)7(12-3)8(13-4)9(10)14-5/h5-10H,1-4H3/t5-,6-,7-,8+,9+/m0/s1. The van der Waals surface area contributed by atoms with Crippen LogP contribution < -0.4 is 0 Å². The van der Waals surface area contributed by atoms with Crippen LogP contribution in [0.5, 0.6) is 0 Å². The SMILES string of the molecule is CO[C@H]1[C@@H](OC)[C@H](C)O[C@@H](O)[C@@H]1OC. The highest BCUT2D eigenvalue weighted by Crippen LogP contribution is 2.25. The van der Waals surface area contributed by atoms with Gasteiger partial charge in [-0.05, 0) is 6.92 Å². The number of methoxy groups -OCH3 is 3. The second-order valence-electron chi connectivity index (χ2n) is 3.33. The third kappa shape index (κ3) is 2.07. The average molecular weight is 206 g/mol. The van der Waals surface area contributed by atoms with E-state index < -0.39 is 12.4 Å². The first kappa shape index (κ1) is 11.9. The van der Waals surface area contributed by atoms with Crippen LogP contribution >= 0.6 is 0 Å². The van der Waals surface area contributed by atoms with E-state index in [1.165, 1.54) is 7.11 Å². The minimum atomic E-state index is -0.966. The molecule has 5 nitrogen and oxygen atoms in total. The molecule has 0 bridgehead atoms. The highest BCUT2D eigenvalue weighted by atomic mass is 16.7. The van der Waals surface area contributed by atoms with Gasteiger partial charge in [-0.15, -0.1) is 0 Å². The largest absolute Gasteiger partial charge is 0.376 e. The maximum absolute atomic E-state index is 9.57. The lowest BCUT2D eigenvalue weighted by atomic mass is 9.99. The Hall–Kier alpha value is -0.200. The summed E-state index contributed by atoms with van der Waals surface area (Å²) in [6.07, 6.45) is -2.24. The summed E-state index contributed by atoms with van der Waals surface area (Å²) < 4.78 is 20.9. The molecule has 0 aromatic rings. The zero-order chi connectivity index (χ0) is 10.7. The van der Waals surface area contributed by atoms with Gasteiger partial charge in [-0.25, -0.2) is 0 Å². The van der Waals surface area contributed by atoms with Gasteiger partial charge in [0.05, 0.1) is 6.10 Å². The maximum Gasteiger partial charge on any atom is 0.184 e. The summed E-state index contributed by atoms with van der Waals surface area (Å²) in [6.45, 7) is 1.83. The summed E-state index contributed by atoms with van der Waals surface area (Å²) in [7, 11) is 4.65. The Bertz CT molecular complexity index is 159. The molecule has 84 valence electrons. The van der Waals surface area contributed by atoms with Crippen LogP contribution in [0, 0.1) is 0 Å². The Labute approximate surface area is 83.9 Å². The molecule has 0 aromatic heterocycles. The lowest BCUT2D eigenvalue weighted by Crippen LogP contribution is -2.58. The molecule has 0 amide bonds. The van der Waals surface area contributed by atoms with E-state index in [1.54, 1.807) is 14.2 Å². The van der Waals surface area contributed by atoms with Crippen molar-refractivity contribution in [2.75, 3.05) is 21.3 Å². The topological polar surface area (TPSA) is 57.2 Å². The number of aliphatic hydroxyl groups is 1. The van der Waals surface area contributed by atoms with Crippen LogP contribution in [0.25, 0.3) is 0 Å². The Kier molecular flexibility index (Phi) is 4.28. The number of ether oxygens (including phenoxy) is 4. The first-order valence-corrected chi connectivity index (χ1v) is 4.57. The Morgan fingerprint density at radius 2 is 1.43 bits per heavy atom. The van der Waals surface area contributed by atoms with Gasteiger partial charge >= 0.3 is 0 Å². The van der Waals surface area contributed by atoms with E-state index >= 15 is 0 Å². The molecule has 0 aliphatic carbocycles. The van der Waals surface area contributed by atoms with Crippen molar-refractivity contribution in [2.24, 2.45) is 0 Å². The quantitative estimate of drug-likeness (QED) is 0.691. The van der Waals surface area contributed by atoms with Crippen molar-refractivity contribution < 1.29 is 24.1 Å². The molecule has 1 heterocycles. The third-order valence-electron chi connectivity index (χ3n) is 2.56. The van der Waals surface area contributed by atoms with Crippen LogP contribution in [0.3, 0.4) is 0 Å². The molecule has 1 fully saturated rings. The van der Waals surface area contributed by atoms with Crippen molar-refractivity contribution in [1.29, 1.82) is 0 Å². The number of hydrogen-bond acceptors (Lipinski definition) is 5. The highest BCUT2D eigenvalue weighted by Gasteiger charge is 2.44. The predicted molar refractivity (Wildman–Crippen MR) is 48.9 cm³/mol. The van der Waals surface area contributed by atoms with E-state index in [0.717, 1.165) is 0 Å². The molecule has 14 heavy (non-hydrogen) atoms. The minimum Gasteiger partial charge on any atom is -0.376 e. The second-order valence-corrected chi connectivity index (χ2v) is 3.33. The fourth-order valence-corrected chi connectivity index (χ4v) is 1.84. The van der Waals surface area contributed by atoms with Gasteiger partial charge in [0.25, 0.3) is 0 Å². The first-order valence-electron chi connectivity index (χ1n) is 4.57. The second kappa shape index (κ2) is 5.04. The van der Waals surface area contributed by atoms with E-state index in [2.05, 4.69) is 0 Å². The summed E-state index contributed by atoms with van der Waals surface area (Å²) in [6, 6.07) is 0. The molecule has 5 atom stereocenters. The molecule has 0 spiro atoms. The summed E-state index contributed by atoms with van der Waals surface area (Å²) in [5.74, 6) is 0. The fraction of sp³-hybridized carbons (Fsp3) is 1.00. The highest BCUT2D eigenvalue weighted by molar-refractivity contribution is 4.89. The normalized spacial score (nSPS) is 43.9. The van der Waals surface area contributed by atoms with Crippen LogP contribution in [0.4, 0.5) is 0 Å². The molecule has 0 saturated carbocycles. The van der Waals surface area contributed by atoms with Gasteiger partial charge in [0.2, 0.25) is 0 Å². The number of aliphatic hydroxyl groups excluding tert-OH is 1. The van der Waals surface area contributed by atoms with Crippen molar-refractivity contribution in [3.05, 3.63) is 0 Å². The van der Waals surface area contributed by atoms with E-state index in [9.17, 15) is 5.11 Å². The van der Waals surface area contributed by atoms with Gasteiger partial charge in [-0.3, -0.25) is 0 Å². The number of hydrogen-bond donors (Lipinski definition) is 1. The van der Waals surface area contributed by atoms with Crippen molar-refractivity contribution in [2.45, 2.75) is 37.6 Å². The van der Waals surface area contributed by atoms with Gasteiger partial charge < -0.3 is 24.1 Å². The molecule has 5 heteroatoms. The van der Waals surface area contributed by atoms with Crippen LogP contribution in [0.15, 0.2) is 0 Å². The molecule has 1 aliphatic rings. The van der Waals surface area contributed by atoms with Crippen LogP contribution in [-0.4, -0.2) is 57.1 Å². The summed E-state index contributed by atoms with van der Waals surface area (Å²) >= 11 is 0. The fourth-order valence-electron chi connectivity index (χ4n) is 1.84. The van der Waals surface area contributed by atoms with Crippen molar-refractivity contribution in [3.8, 4) is 0 Å². The Morgan fingerprint density at radius 1 is 0.929 bits per heavy atom. The molecule has 1 aliphatic heterocycles. The molecular formula is C9H18O5. The van der Waals surface area contributed by atoms with Crippen LogP contribution in [0.1, 0.15) is 6.92 Å². The zero-order valence-corrected chi connectivity index (χ0v) is 8.97. The minimum absolute atomic E-state index is 0.216. The molecule has 0 radical (unpaired) electrons.